The maximum atomic E-state index is 13.1. The van der Waals surface area contributed by atoms with Gasteiger partial charge in [-0.1, -0.05) is 375 Å². The molecule has 0 bridgehead atoms. The lowest BCUT2D eigenvalue weighted by molar-refractivity contribution is -0.161. The zero-order valence-electron chi connectivity index (χ0n) is 64.6. The van der Waals surface area contributed by atoms with E-state index in [2.05, 4.69) is 34.6 Å². The number of aliphatic hydroxyl groups excluding tert-OH is 1. The molecule has 588 valence electrons. The molecule has 0 rings (SSSR count). The Kier molecular flexibility index (Phi) is 71.6. The van der Waals surface area contributed by atoms with Crippen molar-refractivity contribution in [3.05, 3.63) is 0 Å². The zero-order valence-corrected chi connectivity index (χ0v) is 66.4. The van der Waals surface area contributed by atoms with E-state index in [9.17, 15) is 43.2 Å². The Balaban J connectivity index is 5.20. The molecule has 19 heteroatoms. The minimum absolute atomic E-state index is 0.107. The van der Waals surface area contributed by atoms with Crippen LogP contribution in [0.25, 0.3) is 0 Å². The predicted molar refractivity (Wildman–Crippen MR) is 405 cm³/mol. The Labute approximate surface area is 607 Å². The molecule has 0 saturated heterocycles. The van der Waals surface area contributed by atoms with Gasteiger partial charge in [0.15, 0.2) is 12.2 Å². The number of carbonyl (C=O) groups excluding carboxylic acids is 4. The van der Waals surface area contributed by atoms with Gasteiger partial charge in [0.2, 0.25) is 0 Å². The molecule has 0 radical (unpaired) electrons. The zero-order chi connectivity index (χ0) is 72.7. The van der Waals surface area contributed by atoms with Crippen LogP contribution in [0.3, 0.4) is 0 Å². The van der Waals surface area contributed by atoms with Crippen molar-refractivity contribution in [1.82, 2.24) is 0 Å². The highest BCUT2D eigenvalue weighted by Crippen LogP contribution is 2.45. The van der Waals surface area contributed by atoms with Crippen molar-refractivity contribution in [2.24, 2.45) is 5.92 Å². The van der Waals surface area contributed by atoms with Gasteiger partial charge in [-0.3, -0.25) is 37.3 Å². The van der Waals surface area contributed by atoms with Gasteiger partial charge in [0.25, 0.3) is 0 Å². The second-order valence-electron chi connectivity index (χ2n) is 29.3. The van der Waals surface area contributed by atoms with Gasteiger partial charge in [-0.15, -0.1) is 0 Å². The van der Waals surface area contributed by atoms with Crippen LogP contribution in [-0.4, -0.2) is 96.7 Å². The highest BCUT2D eigenvalue weighted by molar-refractivity contribution is 7.47. The fourth-order valence-corrected chi connectivity index (χ4v) is 14.0. The first-order valence-electron chi connectivity index (χ1n) is 41.6. The second-order valence-corrected chi connectivity index (χ2v) is 32.2. The van der Waals surface area contributed by atoms with Crippen LogP contribution < -0.4 is 0 Å². The third-order valence-corrected chi connectivity index (χ3v) is 20.7. The summed E-state index contributed by atoms with van der Waals surface area (Å²) >= 11 is 0. The Bertz CT molecular complexity index is 1890. The summed E-state index contributed by atoms with van der Waals surface area (Å²) in [6, 6.07) is 0. The van der Waals surface area contributed by atoms with E-state index in [1.165, 1.54) is 244 Å². The second kappa shape index (κ2) is 73.0. The molecule has 0 aromatic heterocycles. The normalized spacial score (nSPS) is 13.9. The van der Waals surface area contributed by atoms with Crippen molar-refractivity contribution in [3.8, 4) is 0 Å². The molecule has 0 aromatic rings. The highest BCUT2D eigenvalue weighted by atomic mass is 31.2. The SMILES string of the molecule is CCCCCCCCCCCCCCCCCCCCCC(=O)O[C@H](COC(=O)CCCCCCCCCCCCCCCCCCCC)COP(=O)(O)OC[C@@H](O)COP(=O)(O)OC[C@@H](COC(=O)CCCCCCCCCC)OC(=O)CCCCCCCCCCCCCC(C)C. The molecule has 0 saturated carbocycles. The number of esters is 4. The Hall–Kier alpha value is -1.94. The van der Waals surface area contributed by atoms with Gasteiger partial charge in [0.1, 0.15) is 19.3 Å². The van der Waals surface area contributed by atoms with Crippen molar-refractivity contribution in [1.29, 1.82) is 0 Å². The van der Waals surface area contributed by atoms with Gasteiger partial charge < -0.3 is 33.8 Å². The maximum absolute atomic E-state index is 13.1. The van der Waals surface area contributed by atoms with E-state index in [4.69, 9.17) is 37.0 Å². The number of ether oxygens (including phenoxy) is 4. The summed E-state index contributed by atoms with van der Waals surface area (Å²) < 4.78 is 68.6. The van der Waals surface area contributed by atoms with E-state index in [1.807, 2.05) is 0 Å². The summed E-state index contributed by atoms with van der Waals surface area (Å²) in [7, 11) is -9.91. The number of hydrogen-bond donors (Lipinski definition) is 3. The van der Waals surface area contributed by atoms with E-state index in [-0.39, 0.29) is 25.7 Å². The number of carbonyl (C=O) groups is 4. The van der Waals surface area contributed by atoms with E-state index < -0.39 is 97.5 Å². The summed E-state index contributed by atoms with van der Waals surface area (Å²) in [6.07, 6.45) is 63.9. The average Bonchev–Trinajstić information content (AvgIpc) is 1.03. The van der Waals surface area contributed by atoms with Crippen LogP contribution in [0.15, 0.2) is 0 Å². The molecule has 0 spiro atoms. The van der Waals surface area contributed by atoms with Gasteiger partial charge in [0, 0.05) is 25.7 Å². The van der Waals surface area contributed by atoms with Crippen molar-refractivity contribution >= 4 is 39.5 Å². The molecule has 0 aliphatic carbocycles. The molecule has 3 N–H and O–H groups in total. The predicted octanol–water partition coefficient (Wildman–Crippen LogP) is 24.0. The summed E-state index contributed by atoms with van der Waals surface area (Å²) in [4.78, 5) is 72.9. The summed E-state index contributed by atoms with van der Waals surface area (Å²) in [5.74, 6) is -1.34. The van der Waals surface area contributed by atoms with Crippen LogP contribution in [0.4, 0.5) is 0 Å². The number of phosphoric ester groups is 2. The van der Waals surface area contributed by atoms with E-state index in [1.54, 1.807) is 0 Å². The Morgan fingerprint density at radius 1 is 0.273 bits per heavy atom. The molecule has 0 aliphatic heterocycles. The number of aliphatic hydroxyl groups is 1. The first-order chi connectivity index (χ1) is 48.0. The number of unbranched alkanes of at least 4 members (excludes halogenated alkanes) is 52. The van der Waals surface area contributed by atoms with Crippen LogP contribution in [0.2, 0.25) is 0 Å². The number of hydrogen-bond acceptors (Lipinski definition) is 15. The van der Waals surface area contributed by atoms with E-state index in [0.717, 1.165) is 102 Å². The first kappa shape index (κ1) is 97.1. The van der Waals surface area contributed by atoms with Crippen LogP contribution >= 0.6 is 15.6 Å². The van der Waals surface area contributed by atoms with Crippen LogP contribution in [0.5, 0.6) is 0 Å². The molecular weight excluding hydrogens is 1290 g/mol. The molecule has 0 fully saturated rings. The number of phosphoric acid groups is 2. The summed E-state index contributed by atoms with van der Waals surface area (Å²) in [5.41, 5.74) is 0. The van der Waals surface area contributed by atoms with Crippen molar-refractivity contribution in [2.75, 3.05) is 39.6 Å². The fraction of sp³-hybridized carbons (Fsp3) is 0.950. The van der Waals surface area contributed by atoms with Crippen molar-refractivity contribution in [3.63, 3.8) is 0 Å². The smallest absolute Gasteiger partial charge is 0.462 e. The van der Waals surface area contributed by atoms with Crippen LogP contribution in [0, 0.1) is 5.92 Å². The third kappa shape index (κ3) is 74.1. The minimum Gasteiger partial charge on any atom is -0.462 e. The molecule has 0 aromatic carbocycles. The molecule has 2 unspecified atom stereocenters. The molecule has 5 atom stereocenters. The minimum atomic E-state index is -4.96. The summed E-state index contributed by atoms with van der Waals surface area (Å²) in [5, 5.41) is 10.6. The van der Waals surface area contributed by atoms with Gasteiger partial charge in [-0.2, -0.15) is 0 Å². The van der Waals surface area contributed by atoms with Crippen molar-refractivity contribution in [2.45, 2.75) is 445 Å². The highest BCUT2D eigenvalue weighted by Gasteiger charge is 2.30. The molecule has 0 aliphatic rings. The van der Waals surface area contributed by atoms with Gasteiger partial charge in [0.05, 0.1) is 26.4 Å². The van der Waals surface area contributed by atoms with Crippen LogP contribution in [0.1, 0.15) is 426 Å². The monoisotopic (exact) mass is 1450 g/mol. The lowest BCUT2D eigenvalue weighted by atomic mass is 10.0. The Morgan fingerprint density at radius 3 is 0.687 bits per heavy atom. The molecule has 17 nitrogen and oxygen atoms in total. The molecule has 0 heterocycles. The standard InChI is InChI=1S/C80H156O17P2/c1-6-9-12-15-18-21-23-25-27-29-31-33-35-37-41-45-50-55-60-65-79(84)97-76(70-91-78(83)64-59-54-49-44-40-36-34-32-30-28-26-24-22-19-16-13-10-7-2)72-95-99(88,89)93-68-74(81)67-92-98(86,87)94-71-75(69-90-77(82)63-58-53-48-20-17-14-11-8-3)96-80(85)66-61-56-51-46-42-38-39-43-47-52-57-62-73(4)5/h73-76,81H,6-72H2,1-5H3,(H,86,87)(H,88,89)/t74-,75+,76+/m0/s1. The van der Waals surface area contributed by atoms with Gasteiger partial charge >= 0.3 is 39.5 Å². The first-order valence-corrected chi connectivity index (χ1v) is 44.6. The summed E-state index contributed by atoms with van der Waals surface area (Å²) in [6.45, 7) is 7.30. The van der Waals surface area contributed by atoms with Gasteiger partial charge in [-0.25, -0.2) is 9.13 Å². The molecule has 99 heavy (non-hydrogen) atoms. The molecular formula is C80H156O17P2. The third-order valence-electron chi connectivity index (χ3n) is 18.8. The topological polar surface area (TPSA) is 237 Å². The quantitative estimate of drug-likeness (QED) is 0.0222. The van der Waals surface area contributed by atoms with Crippen LogP contribution in [-0.2, 0) is 65.4 Å². The lowest BCUT2D eigenvalue weighted by Crippen LogP contribution is -2.30. The number of rotatable bonds is 80. The van der Waals surface area contributed by atoms with Gasteiger partial charge in [-0.05, 0) is 31.6 Å². The average molecular weight is 1450 g/mol. The fourth-order valence-electron chi connectivity index (χ4n) is 12.4. The van der Waals surface area contributed by atoms with Crippen molar-refractivity contribution < 1.29 is 80.2 Å². The van der Waals surface area contributed by atoms with E-state index in [0.29, 0.717) is 25.7 Å². The molecule has 0 amide bonds. The lowest BCUT2D eigenvalue weighted by Gasteiger charge is -2.21. The van der Waals surface area contributed by atoms with E-state index >= 15 is 0 Å². The Morgan fingerprint density at radius 2 is 0.465 bits per heavy atom. The largest absolute Gasteiger partial charge is 0.472 e. The maximum Gasteiger partial charge on any atom is 0.472 e.